The second kappa shape index (κ2) is 11.6. The van der Waals surface area contributed by atoms with Crippen LogP contribution in [0, 0.1) is 0 Å². The molecule has 1 atom stereocenters. The zero-order chi connectivity index (χ0) is 26.6. The smallest absolute Gasteiger partial charge is 0.338 e. The molecule has 8 heteroatoms. The summed E-state index contributed by atoms with van der Waals surface area (Å²) in [7, 11) is 0. The van der Waals surface area contributed by atoms with E-state index in [1.165, 1.54) is 11.3 Å². The minimum atomic E-state index is -0.633. The molecule has 1 aliphatic heterocycles. The van der Waals surface area contributed by atoms with Crippen molar-refractivity contribution in [2.45, 2.75) is 29.4 Å². The number of benzene rings is 3. The summed E-state index contributed by atoms with van der Waals surface area (Å²) in [5.41, 5.74) is 3.42. The first-order valence-corrected chi connectivity index (χ1v) is 15.3. The van der Waals surface area contributed by atoms with Crippen LogP contribution in [0.3, 0.4) is 0 Å². The molecule has 5 rings (SSSR count). The monoisotopic (exact) mass is 558 g/mol. The van der Waals surface area contributed by atoms with E-state index in [4.69, 9.17) is 9.73 Å². The van der Waals surface area contributed by atoms with E-state index >= 15 is 0 Å². The Bertz CT molecular complexity index is 1670. The number of thioether (sulfide) groups is 2. The Morgan fingerprint density at radius 2 is 1.61 bits per heavy atom. The van der Waals surface area contributed by atoms with E-state index in [-0.39, 0.29) is 12.2 Å². The fraction of sp³-hybridized carbons (Fsp3) is 0.167. The molecule has 1 aliphatic rings. The summed E-state index contributed by atoms with van der Waals surface area (Å²) < 4.78 is 7.93. The Morgan fingerprint density at radius 1 is 0.974 bits per heavy atom. The fourth-order valence-electron chi connectivity index (χ4n) is 4.34. The van der Waals surface area contributed by atoms with E-state index in [1.807, 2.05) is 97.5 Å². The number of nitrogens with zero attached hydrogens (tertiary/aromatic N) is 2. The van der Waals surface area contributed by atoms with Gasteiger partial charge in [-0.25, -0.2) is 9.79 Å². The molecule has 0 fully saturated rings. The van der Waals surface area contributed by atoms with Gasteiger partial charge in [-0.1, -0.05) is 65.9 Å². The van der Waals surface area contributed by atoms with Gasteiger partial charge in [-0.3, -0.25) is 9.36 Å². The van der Waals surface area contributed by atoms with E-state index in [0.29, 0.717) is 20.6 Å². The van der Waals surface area contributed by atoms with Crippen molar-refractivity contribution >= 4 is 46.9 Å². The molecule has 38 heavy (non-hydrogen) atoms. The molecule has 4 aromatic rings. The maximum Gasteiger partial charge on any atom is 0.338 e. The van der Waals surface area contributed by atoms with E-state index in [1.54, 1.807) is 35.0 Å². The lowest BCUT2D eigenvalue weighted by atomic mass is 9.96. The van der Waals surface area contributed by atoms with Gasteiger partial charge in [-0.15, -0.1) is 23.5 Å². The summed E-state index contributed by atoms with van der Waals surface area (Å²) in [6, 6.07) is 24.9. The second-order valence-electron chi connectivity index (χ2n) is 8.69. The lowest BCUT2D eigenvalue weighted by molar-refractivity contribution is -0.140. The number of carbonyl (C=O) groups is 1. The summed E-state index contributed by atoms with van der Waals surface area (Å²) in [5, 5.41) is 0. The van der Waals surface area contributed by atoms with E-state index in [9.17, 15) is 9.59 Å². The average Bonchev–Trinajstić information content (AvgIpc) is 3.26. The van der Waals surface area contributed by atoms with Gasteiger partial charge in [0.15, 0.2) is 4.80 Å². The topological polar surface area (TPSA) is 60.7 Å². The van der Waals surface area contributed by atoms with Gasteiger partial charge in [0.05, 0.1) is 21.8 Å². The number of esters is 1. The third-order valence-electron chi connectivity index (χ3n) is 6.30. The molecule has 0 saturated carbocycles. The molecule has 0 aliphatic carbocycles. The maximum atomic E-state index is 13.8. The summed E-state index contributed by atoms with van der Waals surface area (Å²) in [5.74, 6) is -0.476. The molecule has 0 N–H and O–H groups in total. The third kappa shape index (κ3) is 5.43. The quantitative estimate of drug-likeness (QED) is 0.224. The first kappa shape index (κ1) is 26.3. The number of rotatable bonds is 7. The molecule has 0 saturated heterocycles. The zero-order valence-corrected chi connectivity index (χ0v) is 23.7. The van der Waals surface area contributed by atoms with Crippen LogP contribution in [0.2, 0.25) is 0 Å². The highest BCUT2D eigenvalue weighted by molar-refractivity contribution is 7.98. The average molecular weight is 559 g/mol. The van der Waals surface area contributed by atoms with Gasteiger partial charge in [-0.05, 0) is 66.5 Å². The number of hydrogen-bond donors (Lipinski definition) is 0. The Labute approximate surface area is 233 Å². The number of carbonyl (C=O) groups excluding carboxylic acids is 1. The lowest BCUT2D eigenvalue weighted by Gasteiger charge is -2.25. The molecular weight excluding hydrogens is 533 g/mol. The normalized spacial score (nSPS) is 15.2. The molecule has 0 radical (unpaired) electrons. The highest BCUT2D eigenvalue weighted by atomic mass is 32.2. The van der Waals surface area contributed by atoms with Gasteiger partial charge in [0.25, 0.3) is 5.56 Å². The van der Waals surface area contributed by atoms with Crippen LogP contribution in [-0.4, -0.2) is 23.0 Å². The van der Waals surface area contributed by atoms with E-state index in [0.717, 1.165) is 26.5 Å². The van der Waals surface area contributed by atoms with E-state index in [2.05, 4.69) is 0 Å². The number of fused-ring (bicyclic) bond motifs is 1. The molecule has 2 heterocycles. The summed E-state index contributed by atoms with van der Waals surface area (Å²) in [4.78, 5) is 34.8. The summed E-state index contributed by atoms with van der Waals surface area (Å²) in [6.45, 7) is 1.95. The van der Waals surface area contributed by atoms with Crippen molar-refractivity contribution in [1.82, 2.24) is 4.57 Å². The van der Waals surface area contributed by atoms with Crippen LogP contribution in [0.5, 0.6) is 0 Å². The van der Waals surface area contributed by atoms with Gasteiger partial charge in [0, 0.05) is 9.79 Å². The summed E-state index contributed by atoms with van der Waals surface area (Å²) >= 11 is 4.64. The van der Waals surface area contributed by atoms with Crippen molar-refractivity contribution in [2.24, 2.45) is 4.99 Å². The first-order chi connectivity index (χ1) is 18.5. The van der Waals surface area contributed by atoms with Gasteiger partial charge in [-0.2, -0.15) is 0 Å². The SMILES string of the molecule is CSc1ccc(/C=c2\sc3n(c2=O)[C@H](c2ccc(SC)cc2)C(C(=O)OCc2ccccc2)=C(C)N=3)cc1. The van der Waals surface area contributed by atoms with Crippen molar-refractivity contribution < 1.29 is 9.53 Å². The van der Waals surface area contributed by atoms with Crippen molar-refractivity contribution in [3.8, 4) is 0 Å². The van der Waals surface area contributed by atoms with Gasteiger partial charge >= 0.3 is 5.97 Å². The molecule has 0 amide bonds. The minimum absolute atomic E-state index is 0.144. The summed E-state index contributed by atoms with van der Waals surface area (Å²) in [6.07, 6.45) is 5.93. The number of ether oxygens (including phenoxy) is 1. The fourth-order valence-corrected chi connectivity index (χ4v) is 6.20. The largest absolute Gasteiger partial charge is 0.457 e. The van der Waals surface area contributed by atoms with Crippen molar-refractivity contribution in [3.05, 3.63) is 127 Å². The Morgan fingerprint density at radius 3 is 2.24 bits per heavy atom. The first-order valence-electron chi connectivity index (χ1n) is 12.0. The predicted molar refractivity (Wildman–Crippen MR) is 156 cm³/mol. The molecule has 5 nitrogen and oxygen atoms in total. The van der Waals surface area contributed by atoms with Crippen LogP contribution in [0.15, 0.2) is 110 Å². The Hall–Kier alpha value is -3.33. The lowest BCUT2D eigenvalue weighted by Crippen LogP contribution is -2.39. The Kier molecular flexibility index (Phi) is 8.02. The number of thiazole rings is 1. The Balaban J connectivity index is 1.60. The molecule has 3 aromatic carbocycles. The molecule has 1 aromatic heterocycles. The van der Waals surface area contributed by atoms with Gasteiger partial charge in [0.2, 0.25) is 0 Å². The molecule has 0 unspecified atom stereocenters. The van der Waals surface area contributed by atoms with Crippen molar-refractivity contribution in [3.63, 3.8) is 0 Å². The highest BCUT2D eigenvalue weighted by Crippen LogP contribution is 2.32. The van der Waals surface area contributed by atoms with Crippen molar-refractivity contribution in [2.75, 3.05) is 12.5 Å². The van der Waals surface area contributed by atoms with Crippen LogP contribution < -0.4 is 14.9 Å². The minimum Gasteiger partial charge on any atom is -0.457 e. The van der Waals surface area contributed by atoms with Gasteiger partial charge < -0.3 is 4.74 Å². The zero-order valence-electron chi connectivity index (χ0n) is 21.2. The molecule has 0 bridgehead atoms. The number of allylic oxidation sites excluding steroid dienone is 1. The highest BCUT2D eigenvalue weighted by Gasteiger charge is 2.33. The van der Waals surface area contributed by atoms with Crippen LogP contribution >= 0.6 is 34.9 Å². The maximum absolute atomic E-state index is 13.8. The number of hydrogen-bond acceptors (Lipinski definition) is 7. The van der Waals surface area contributed by atoms with Crippen molar-refractivity contribution in [1.29, 1.82) is 0 Å². The van der Waals surface area contributed by atoms with Crippen LogP contribution in [-0.2, 0) is 16.1 Å². The standard InChI is InChI=1S/C30H26N2O3S3/c1-19-26(29(34)35-18-21-7-5-4-6-8-21)27(22-11-15-24(37-3)16-12-22)32-28(33)25(38-30(32)31-19)17-20-9-13-23(36-2)14-10-20/h4-17,27H,18H2,1-3H3/b25-17-/t27-/m1/s1. The molecule has 192 valence electrons. The molecule has 0 spiro atoms. The van der Waals surface area contributed by atoms with Crippen LogP contribution in [0.25, 0.3) is 6.08 Å². The molecular formula is C30H26N2O3S3. The van der Waals surface area contributed by atoms with Gasteiger partial charge in [0.1, 0.15) is 6.61 Å². The third-order valence-corrected chi connectivity index (χ3v) is 8.77. The van der Waals surface area contributed by atoms with Crippen LogP contribution in [0.1, 0.15) is 29.7 Å². The van der Waals surface area contributed by atoms with Crippen LogP contribution in [0.4, 0.5) is 0 Å². The number of aromatic nitrogens is 1. The predicted octanol–water partition coefficient (Wildman–Crippen LogP) is 5.42. The van der Waals surface area contributed by atoms with E-state index < -0.39 is 12.0 Å². The second-order valence-corrected chi connectivity index (χ2v) is 11.5.